The lowest BCUT2D eigenvalue weighted by atomic mass is 9.68. The number of ether oxygens (including phenoxy) is 1. The first kappa shape index (κ1) is 12.3. The predicted molar refractivity (Wildman–Crippen MR) is 64.4 cm³/mol. The van der Waals surface area contributed by atoms with Crippen molar-refractivity contribution < 1.29 is 14.3 Å². The first-order valence-corrected chi connectivity index (χ1v) is 6.43. The largest absolute Gasteiger partial charge is 0.451 e. The highest BCUT2D eigenvalue weighted by Crippen LogP contribution is 2.45. The van der Waals surface area contributed by atoms with E-state index in [2.05, 4.69) is 6.92 Å². The van der Waals surface area contributed by atoms with Gasteiger partial charge in [-0.2, -0.15) is 0 Å². The average molecular weight is 236 g/mol. The van der Waals surface area contributed by atoms with Gasteiger partial charge in [-0.3, -0.25) is 4.79 Å². The molecule has 0 bridgehead atoms. The Morgan fingerprint density at radius 1 is 1.59 bits per heavy atom. The Hall–Kier alpha value is -1.12. The summed E-state index contributed by atoms with van der Waals surface area (Å²) in [5, 5.41) is 0. The molecule has 0 amide bonds. The molecule has 0 aromatic heterocycles. The van der Waals surface area contributed by atoms with E-state index in [1.807, 2.05) is 13.8 Å². The number of carbonyl (C=O) groups excluding carboxylic acids is 2. The maximum Gasteiger partial charge on any atom is 0.331 e. The van der Waals surface area contributed by atoms with E-state index in [4.69, 9.17) is 4.74 Å². The van der Waals surface area contributed by atoms with E-state index in [0.717, 1.165) is 18.4 Å². The third-order valence-electron chi connectivity index (χ3n) is 4.35. The number of hydrogen-bond donors (Lipinski definition) is 0. The molecule has 3 heteroatoms. The first-order valence-electron chi connectivity index (χ1n) is 6.43. The third kappa shape index (κ3) is 2.03. The SMILES string of the molecule is CCC(=O)[C@H]1C[C@@]2(CC[C@H]1C)OC(=O)C=C2C. The summed E-state index contributed by atoms with van der Waals surface area (Å²) in [7, 11) is 0. The Labute approximate surface area is 102 Å². The summed E-state index contributed by atoms with van der Waals surface area (Å²) < 4.78 is 5.49. The van der Waals surface area contributed by atoms with Crippen molar-refractivity contribution in [3.05, 3.63) is 11.6 Å². The van der Waals surface area contributed by atoms with Crippen molar-refractivity contribution in [2.45, 2.75) is 52.1 Å². The van der Waals surface area contributed by atoms with Gasteiger partial charge in [-0.25, -0.2) is 4.79 Å². The summed E-state index contributed by atoms with van der Waals surface area (Å²) in [6.07, 6.45) is 4.63. The predicted octanol–water partition coefficient (Wildman–Crippen LogP) is 2.64. The van der Waals surface area contributed by atoms with Gasteiger partial charge in [0.25, 0.3) is 0 Å². The Morgan fingerprint density at radius 3 is 2.82 bits per heavy atom. The molecule has 17 heavy (non-hydrogen) atoms. The van der Waals surface area contributed by atoms with Crippen LogP contribution >= 0.6 is 0 Å². The van der Waals surface area contributed by atoms with Crippen LogP contribution in [-0.4, -0.2) is 17.4 Å². The zero-order chi connectivity index (χ0) is 12.6. The maximum atomic E-state index is 11.9. The average Bonchev–Trinajstić information content (AvgIpc) is 2.56. The molecule has 3 atom stereocenters. The van der Waals surface area contributed by atoms with Crippen LogP contribution in [0.1, 0.15) is 46.5 Å². The van der Waals surface area contributed by atoms with Crippen molar-refractivity contribution >= 4 is 11.8 Å². The fourth-order valence-electron chi connectivity index (χ4n) is 3.08. The molecule has 0 unspecified atom stereocenters. The van der Waals surface area contributed by atoms with Crippen molar-refractivity contribution in [1.82, 2.24) is 0 Å². The number of ketones is 1. The monoisotopic (exact) mass is 236 g/mol. The van der Waals surface area contributed by atoms with Crippen molar-refractivity contribution in [2.75, 3.05) is 0 Å². The summed E-state index contributed by atoms with van der Waals surface area (Å²) in [6, 6.07) is 0. The number of rotatable bonds is 2. The highest BCUT2D eigenvalue weighted by atomic mass is 16.6. The molecule has 1 saturated carbocycles. The van der Waals surface area contributed by atoms with Gasteiger partial charge in [0.05, 0.1) is 0 Å². The van der Waals surface area contributed by atoms with E-state index in [0.29, 0.717) is 24.5 Å². The minimum absolute atomic E-state index is 0.0444. The summed E-state index contributed by atoms with van der Waals surface area (Å²) in [5.74, 6) is 0.496. The van der Waals surface area contributed by atoms with E-state index in [1.54, 1.807) is 6.08 Å². The fraction of sp³-hybridized carbons (Fsp3) is 0.714. The van der Waals surface area contributed by atoms with Gasteiger partial charge in [-0.05, 0) is 31.3 Å². The smallest absolute Gasteiger partial charge is 0.331 e. The van der Waals surface area contributed by atoms with Crippen LogP contribution in [0.5, 0.6) is 0 Å². The molecule has 1 spiro atoms. The second-order valence-corrected chi connectivity index (χ2v) is 5.39. The molecule has 94 valence electrons. The molecule has 0 radical (unpaired) electrons. The minimum Gasteiger partial charge on any atom is -0.451 e. The molecule has 1 heterocycles. The minimum atomic E-state index is -0.473. The van der Waals surface area contributed by atoms with Gasteiger partial charge in [0, 0.05) is 24.8 Å². The standard InChI is InChI=1S/C14H20O3/c1-4-12(15)11-8-14(6-5-9(11)2)10(3)7-13(16)17-14/h7,9,11H,4-6,8H2,1-3H3/t9-,11+,14-/m1/s1. The van der Waals surface area contributed by atoms with Gasteiger partial charge < -0.3 is 4.74 Å². The second-order valence-electron chi connectivity index (χ2n) is 5.39. The summed E-state index contributed by atoms with van der Waals surface area (Å²) >= 11 is 0. The van der Waals surface area contributed by atoms with E-state index in [-0.39, 0.29) is 11.9 Å². The first-order chi connectivity index (χ1) is 7.98. The number of Topliss-reactive ketones (excluding diaryl/α,β-unsaturated/α-hetero) is 1. The molecule has 2 aliphatic rings. The molecule has 0 saturated heterocycles. The van der Waals surface area contributed by atoms with Crippen LogP contribution in [0.3, 0.4) is 0 Å². The van der Waals surface area contributed by atoms with Gasteiger partial charge in [-0.1, -0.05) is 13.8 Å². The molecule has 1 aliphatic heterocycles. The molecule has 0 N–H and O–H groups in total. The summed E-state index contributed by atoms with van der Waals surface area (Å²) in [5.41, 5.74) is 0.516. The van der Waals surface area contributed by atoms with Gasteiger partial charge in [-0.15, -0.1) is 0 Å². The molecule has 1 fully saturated rings. The Kier molecular flexibility index (Phi) is 3.11. The molecule has 0 aromatic rings. The number of carbonyl (C=O) groups is 2. The van der Waals surface area contributed by atoms with Crippen LogP contribution < -0.4 is 0 Å². The number of esters is 1. The molecular weight excluding hydrogens is 216 g/mol. The van der Waals surface area contributed by atoms with E-state index in [9.17, 15) is 9.59 Å². The van der Waals surface area contributed by atoms with E-state index >= 15 is 0 Å². The highest BCUT2D eigenvalue weighted by Gasteiger charge is 2.47. The van der Waals surface area contributed by atoms with Crippen LogP contribution in [0.25, 0.3) is 0 Å². The van der Waals surface area contributed by atoms with Crippen molar-refractivity contribution in [3.8, 4) is 0 Å². The lowest BCUT2D eigenvalue weighted by Gasteiger charge is -2.40. The van der Waals surface area contributed by atoms with Gasteiger partial charge in [0.2, 0.25) is 0 Å². The third-order valence-corrected chi connectivity index (χ3v) is 4.35. The van der Waals surface area contributed by atoms with Crippen LogP contribution in [0.15, 0.2) is 11.6 Å². The zero-order valence-corrected chi connectivity index (χ0v) is 10.8. The summed E-state index contributed by atoms with van der Waals surface area (Å²) in [4.78, 5) is 23.3. The summed E-state index contributed by atoms with van der Waals surface area (Å²) in [6.45, 7) is 5.97. The highest BCUT2D eigenvalue weighted by molar-refractivity contribution is 5.87. The van der Waals surface area contributed by atoms with Crippen molar-refractivity contribution in [2.24, 2.45) is 11.8 Å². The quantitative estimate of drug-likeness (QED) is 0.692. The van der Waals surface area contributed by atoms with E-state index < -0.39 is 5.60 Å². The lowest BCUT2D eigenvalue weighted by molar-refractivity contribution is -0.153. The van der Waals surface area contributed by atoms with Crippen LogP contribution in [0.4, 0.5) is 0 Å². The van der Waals surface area contributed by atoms with Crippen LogP contribution in [0.2, 0.25) is 0 Å². The molecule has 3 nitrogen and oxygen atoms in total. The number of hydrogen-bond acceptors (Lipinski definition) is 3. The van der Waals surface area contributed by atoms with E-state index in [1.165, 1.54) is 0 Å². The molecule has 1 aliphatic carbocycles. The molecular formula is C14H20O3. The van der Waals surface area contributed by atoms with Gasteiger partial charge >= 0.3 is 5.97 Å². The maximum absolute atomic E-state index is 11.9. The fourth-order valence-corrected chi connectivity index (χ4v) is 3.08. The van der Waals surface area contributed by atoms with Crippen molar-refractivity contribution in [1.29, 1.82) is 0 Å². The van der Waals surface area contributed by atoms with Crippen LogP contribution in [-0.2, 0) is 14.3 Å². The van der Waals surface area contributed by atoms with Gasteiger partial charge in [0.15, 0.2) is 0 Å². The normalized spacial score (nSPS) is 36.9. The lowest BCUT2D eigenvalue weighted by Crippen LogP contribution is -2.42. The zero-order valence-electron chi connectivity index (χ0n) is 10.8. The Bertz CT molecular complexity index is 383. The Morgan fingerprint density at radius 2 is 2.29 bits per heavy atom. The topological polar surface area (TPSA) is 43.4 Å². The molecule has 0 aromatic carbocycles. The Balaban J connectivity index is 2.21. The van der Waals surface area contributed by atoms with Crippen LogP contribution in [0, 0.1) is 11.8 Å². The van der Waals surface area contributed by atoms with Crippen molar-refractivity contribution in [3.63, 3.8) is 0 Å². The molecule has 2 rings (SSSR count). The second kappa shape index (κ2) is 4.28. The van der Waals surface area contributed by atoms with Gasteiger partial charge in [0.1, 0.15) is 11.4 Å².